The summed E-state index contributed by atoms with van der Waals surface area (Å²) in [6.45, 7) is 4.14. The van der Waals surface area contributed by atoms with Gasteiger partial charge in [0, 0.05) is 17.3 Å². The molecule has 0 radical (unpaired) electrons. The van der Waals surface area contributed by atoms with Crippen LogP contribution in [-0.4, -0.2) is 18.0 Å². The highest BCUT2D eigenvalue weighted by atomic mass is 19.1. The number of anilines is 1. The van der Waals surface area contributed by atoms with Crippen LogP contribution in [0.1, 0.15) is 54.2 Å². The molecule has 5 nitrogen and oxygen atoms in total. The first kappa shape index (κ1) is 20.6. The Hall–Kier alpha value is -3.15. The molecule has 0 aliphatic rings. The predicted octanol–water partition coefficient (Wildman–Crippen LogP) is 5.00. The van der Waals surface area contributed by atoms with Gasteiger partial charge in [0.2, 0.25) is 0 Å². The number of pyridine rings is 1. The number of hydrogen-bond donors (Lipinski definition) is 2. The number of nitrogens with zero attached hydrogens (tertiary/aromatic N) is 1. The van der Waals surface area contributed by atoms with Crippen molar-refractivity contribution in [3.05, 3.63) is 65.1 Å². The number of rotatable bonds is 8. The summed E-state index contributed by atoms with van der Waals surface area (Å²) in [6.07, 6.45) is 4.27. The Labute approximate surface area is 170 Å². The number of amides is 1. The van der Waals surface area contributed by atoms with Crippen molar-refractivity contribution in [1.82, 2.24) is 4.98 Å². The second-order valence-electron chi connectivity index (χ2n) is 6.96. The van der Waals surface area contributed by atoms with Crippen molar-refractivity contribution < 1.29 is 13.9 Å². The number of hydrogen-bond acceptors (Lipinski definition) is 4. The first-order valence-corrected chi connectivity index (χ1v) is 9.80. The molecule has 1 heterocycles. The minimum Gasteiger partial charge on any atom is -0.494 e. The van der Waals surface area contributed by atoms with Gasteiger partial charge in [-0.05, 0) is 42.2 Å². The summed E-state index contributed by atoms with van der Waals surface area (Å²) in [5.41, 5.74) is 9.24. The van der Waals surface area contributed by atoms with E-state index in [-0.39, 0.29) is 17.6 Å². The number of carbonyl (C=O) groups excluding carboxylic acids is 1. The number of primary amides is 1. The van der Waals surface area contributed by atoms with Crippen molar-refractivity contribution in [2.75, 3.05) is 12.4 Å². The van der Waals surface area contributed by atoms with Crippen LogP contribution in [0.5, 0.6) is 5.75 Å². The molecule has 29 heavy (non-hydrogen) atoms. The van der Waals surface area contributed by atoms with Crippen molar-refractivity contribution >= 4 is 22.5 Å². The van der Waals surface area contributed by atoms with Gasteiger partial charge in [-0.15, -0.1) is 0 Å². The van der Waals surface area contributed by atoms with E-state index in [0.717, 1.165) is 41.5 Å². The molecule has 1 atom stereocenters. The van der Waals surface area contributed by atoms with Crippen LogP contribution in [0.2, 0.25) is 0 Å². The third-order valence-corrected chi connectivity index (χ3v) is 5.10. The van der Waals surface area contributed by atoms with Crippen molar-refractivity contribution in [3.8, 4) is 5.75 Å². The number of nitrogens with two attached hydrogens (primary N) is 1. The fourth-order valence-electron chi connectivity index (χ4n) is 3.59. The van der Waals surface area contributed by atoms with Crippen molar-refractivity contribution in [3.63, 3.8) is 0 Å². The molecule has 3 N–H and O–H groups in total. The van der Waals surface area contributed by atoms with E-state index in [0.29, 0.717) is 11.1 Å². The second-order valence-corrected chi connectivity index (χ2v) is 6.96. The van der Waals surface area contributed by atoms with E-state index in [2.05, 4.69) is 17.2 Å². The Kier molecular flexibility index (Phi) is 6.32. The molecule has 0 fully saturated rings. The molecule has 3 rings (SSSR count). The lowest BCUT2D eigenvalue weighted by atomic mass is 9.98. The zero-order valence-electron chi connectivity index (χ0n) is 17.0. The molecule has 0 aliphatic heterocycles. The fraction of sp³-hybridized carbons (Fsp3) is 0.304. The van der Waals surface area contributed by atoms with Gasteiger partial charge in [-0.2, -0.15) is 0 Å². The van der Waals surface area contributed by atoms with E-state index in [1.54, 1.807) is 24.4 Å². The van der Waals surface area contributed by atoms with Gasteiger partial charge in [-0.1, -0.05) is 38.5 Å². The number of halogens is 1. The molecular formula is C23H26FN3O2. The maximum atomic E-state index is 14.3. The van der Waals surface area contributed by atoms with Crippen molar-refractivity contribution in [2.24, 2.45) is 5.73 Å². The number of ether oxygens (including phenoxy) is 1. The Morgan fingerprint density at radius 3 is 2.69 bits per heavy atom. The molecular weight excluding hydrogens is 369 g/mol. The van der Waals surface area contributed by atoms with Gasteiger partial charge in [0.1, 0.15) is 0 Å². The Morgan fingerprint density at radius 2 is 2.07 bits per heavy atom. The highest BCUT2D eigenvalue weighted by molar-refractivity contribution is 6.08. The van der Waals surface area contributed by atoms with Crippen LogP contribution >= 0.6 is 0 Å². The SMILES string of the molecule is CCC[C@@H](Nc1c(CC)cnc2c(C(N)=O)cccc12)c1ccc(OC)c(F)c1. The number of nitrogens with one attached hydrogen (secondary N) is 1. The van der Waals surface area contributed by atoms with E-state index in [1.807, 2.05) is 19.1 Å². The van der Waals surface area contributed by atoms with Crippen molar-refractivity contribution in [1.29, 1.82) is 0 Å². The molecule has 3 aromatic rings. The van der Waals surface area contributed by atoms with E-state index < -0.39 is 5.91 Å². The third-order valence-electron chi connectivity index (χ3n) is 5.10. The first-order chi connectivity index (χ1) is 14.0. The number of benzene rings is 2. The quantitative estimate of drug-likeness (QED) is 0.563. The molecule has 0 unspecified atom stereocenters. The number of fused-ring (bicyclic) bond motifs is 1. The second kappa shape index (κ2) is 8.90. The number of methoxy groups -OCH3 is 1. The van der Waals surface area contributed by atoms with Crippen LogP contribution in [-0.2, 0) is 6.42 Å². The van der Waals surface area contributed by atoms with Gasteiger partial charge in [0.15, 0.2) is 11.6 Å². The molecule has 152 valence electrons. The van der Waals surface area contributed by atoms with Gasteiger partial charge in [0.25, 0.3) is 5.91 Å². The van der Waals surface area contributed by atoms with E-state index in [4.69, 9.17) is 10.5 Å². The molecule has 0 bridgehead atoms. The number of para-hydroxylation sites is 1. The van der Waals surface area contributed by atoms with Crippen LogP contribution in [0.3, 0.4) is 0 Å². The Morgan fingerprint density at radius 1 is 1.28 bits per heavy atom. The average Bonchev–Trinajstić information content (AvgIpc) is 2.72. The number of carbonyl (C=O) groups is 1. The lowest BCUT2D eigenvalue weighted by Gasteiger charge is -2.23. The molecule has 0 aliphatic carbocycles. The van der Waals surface area contributed by atoms with Gasteiger partial charge in [-0.25, -0.2) is 4.39 Å². The fourth-order valence-corrected chi connectivity index (χ4v) is 3.59. The molecule has 6 heteroatoms. The van der Waals surface area contributed by atoms with Crippen LogP contribution < -0.4 is 15.8 Å². The highest BCUT2D eigenvalue weighted by Crippen LogP contribution is 2.34. The zero-order chi connectivity index (χ0) is 21.0. The third kappa shape index (κ3) is 4.16. The van der Waals surface area contributed by atoms with Crippen LogP contribution in [0, 0.1) is 5.82 Å². The van der Waals surface area contributed by atoms with Gasteiger partial charge >= 0.3 is 0 Å². The minimum atomic E-state index is -0.513. The molecule has 0 saturated heterocycles. The molecule has 1 aromatic heterocycles. The lowest BCUT2D eigenvalue weighted by molar-refractivity contribution is 0.100. The van der Waals surface area contributed by atoms with Gasteiger partial charge < -0.3 is 15.8 Å². The van der Waals surface area contributed by atoms with Crippen LogP contribution in [0.15, 0.2) is 42.6 Å². The molecule has 2 aromatic carbocycles. The van der Waals surface area contributed by atoms with Gasteiger partial charge in [-0.3, -0.25) is 9.78 Å². The summed E-state index contributed by atoms with van der Waals surface area (Å²) in [4.78, 5) is 16.3. The van der Waals surface area contributed by atoms with Crippen LogP contribution in [0.25, 0.3) is 10.9 Å². The standard InChI is InChI=1S/C23H26FN3O2/c1-4-7-19(15-10-11-20(29-3)18(24)12-15)27-21-14(5-2)13-26-22-16(21)8-6-9-17(22)23(25)28/h6,8-13,19H,4-5,7H2,1-3H3,(H2,25,28)(H,26,27)/t19-/m1/s1. The Bertz CT molecular complexity index is 1040. The summed E-state index contributed by atoms with van der Waals surface area (Å²) in [5.74, 6) is -0.682. The number of aromatic nitrogens is 1. The molecule has 0 spiro atoms. The summed E-state index contributed by atoms with van der Waals surface area (Å²) in [7, 11) is 1.45. The Balaban J connectivity index is 2.11. The largest absolute Gasteiger partial charge is 0.494 e. The van der Waals surface area contributed by atoms with E-state index in [1.165, 1.54) is 13.2 Å². The van der Waals surface area contributed by atoms with E-state index in [9.17, 15) is 9.18 Å². The maximum absolute atomic E-state index is 14.3. The summed E-state index contributed by atoms with van der Waals surface area (Å²) < 4.78 is 19.4. The molecule has 0 saturated carbocycles. The van der Waals surface area contributed by atoms with Gasteiger partial charge in [0.05, 0.1) is 24.2 Å². The van der Waals surface area contributed by atoms with Crippen molar-refractivity contribution in [2.45, 2.75) is 39.2 Å². The molecule has 1 amide bonds. The monoisotopic (exact) mass is 395 g/mol. The first-order valence-electron chi connectivity index (χ1n) is 9.80. The normalized spacial score (nSPS) is 12.0. The average molecular weight is 395 g/mol. The predicted molar refractivity (Wildman–Crippen MR) is 114 cm³/mol. The summed E-state index contributed by atoms with van der Waals surface area (Å²) >= 11 is 0. The summed E-state index contributed by atoms with van der Waals surface area (Å²) in [6, 6.07) is 10.3. The smallest absolute Gasteiger partial charge is 0.250 e. The van der Waals surface area contributed by atoms with E-state index >= 15 is 0 Å². The van der Waals surface area contributed by atoms with Crippen LogP contribution in [0.4, 0.5) is 10.1 Å². The lowest BCUT2D eigenvalue weighted by Crippen LogP contribution is -2.15. The maximum Gasteiger partial charge on any atom is 0.250 e. The summed E-state index contributed by atoms with van der Waals surface area (Å²) in [5, 5.41) is 4.42. The topological polar surface area (TPSA) is 77.2 Å². The highest BCUT2D eigenvalue weighted by Gasteiger charge is 2.18. The minimum absolute atomic E-state index is 0.103. The zero-order valence-corrected chi connectivity index (χ0v) is 17.0. The number of aryl methyl sites for hydroxylation is 1.